The van der Waals surface area contributed by atoms with E-state index in [2.05, 4.69) is 59.1 Å². The Morgan fingerprint density at radius 1 is 1.10 bits per heavy atom. The van der Waals surface area contributed by atoms with Crippen molar-refractivity contribution < 1.29 is 9.59 Å². The van der Waals surface area contributed by atoms with Crippen LogP contribution in [0.2, 0.25) is 0 Å². The standard InChI is InChI=1S/C25H45N3O2/c1-9-10-14-27(18-22-12-11-13-26(22)8)24(30)19-28(17-20(2)3)23(29)15-21(4)16-25(5,6)7/h11-13,20-21H,9-10,14-19H2,1-8H3. The Morgan fingerprint density at radius 2 is 1.77 bits per heavy atom. The van der Waals surface area contributed by atoms with E-state index in [1.54, 1.807) is 4.90 Å². The Bertz CT molecular complexity index is 658. The second-order valence-corrected chi connectivity index (χ2v) is 10.5. The van der Waals surface area contributed by atoms with Gasteiger partial charge in [0.1, 0.15) is 0 Å². The minimum Gasteiger partial charge on any atom is -0.353 e. The highest BCUT2D eigenvalue weighted by Crippen LogP contribution is 2.26. The predicted octanol–water partition coefficient (Wildman–Crippen LogP) is 5.10. The molecule has 0 fully saturated rings. The number of carbonyl (C=O) groups is 2. The van der Waals surface area contributed by atoms with Gasteiger partial charge in [0.05, 0.1) is 13.1 Å². The number of rotatable bonds is 12. The van der Waals surface area contributed by atoms with Crippen LogP contribution in [0.3, 0.4) is 0 Å². The molecule has 0 spiro atoms. The Hall–Kier alpha value is -1.78. The molecule has 0 aliphatic rings. The van der Waals surface area contributed by atoms with Crippen LogP contribution in [-0.4, -0.2) is 45.8 Å². The summed E-state index contributed by atoms with van der Waals surface area (Å²) in [7, 11) is 2.00. The van der Waals surface area contributed by atoms with Crippen LogP contribution in [-0.2, 0) is 23.2 Å². The zero-order chi connectivity index (χ0) is 22.9. The van der Waals surface area contributed by atoms with Gasteiger partial charge < -0.3 is 14.4 Å². The number of unbranched alkanes of at least 4 members (excludes halogenated alkanes) is 1. The summed E-state index contributed by atoms with van der Waals surface area (Å²) in [4.78, 5) is 30.0. The van der Waals surface area contributed by atoms with Gasteiger partial charge in [-0.25, -0.2) is 0 Å². The van der Waals surface area contributed by atoms with E-state index >= 15 is 0 Å². The smallest absolute Gasteiger partial charge is 0.242 e. The molecular formula is C25H45N3O2. The Balaban J connectivity index is 2.86. The van der Waals surface area contributed by atoms with Crippen LogP contribution in [0, 0.1) is 17.3 Å². The van der Waals surface area contributed by atoms with E-state index in [1.807, 2.05) is 24.2 Å². The van der Waals surface area contributed by atoms with Crippen molar-refractivity contribution in [1.29, 1.82) is 0 Å². The molecule has 0 radical (unpaired) electrons. The lowest BCUT2D eigenvalue weighted by atomic mass is 9.84. The second kappa shape index (κ2) is 12.2. The lowest BCUT2D eigenvalue weighted by Crippen LogP contribution is -2.45. The first-order valence-corrected chi connectivity index (χ1v) is 11.6. The van der Waals surface area contributed by atoms with Crippen molar-refractivity contribution in [2.45, 2.75) is 80.7 Å². The third-order valence-electron chi connectivity index (χ3n) is 5.29. The van der Waals surface area contributed by atoms with Crippen molar-refractivity contribution in [1.82, 2.24) is 14.4 Å². The third kappa shape index (κ3) is 9.82. The van der Waals surface area contributed by atoms with Crippen LogP contribution < -0.4 is 0 Å². The largest absolute Gasteiger partial charge is 0.353 e. The van der Waals surface area contributed by atoms with Crippen LogP contribution in [0.1, 0.15) is 79.8 Å². The van der Waals surface area contributed by atoms with Gasteiger partial charge in [-0.05, 0) is 42.2 Å². The van der Waals surface area contributed by atoms with E-state index in [9.17, 15) is 9.59 Å². The van der Waals surface area contributed by atoms with Crippen molar-refractivity contribution in [2.75, 3.05) is 19.6 Å². The molecule has 1 aromatic heterocycles. The van der Waals surface area contributed by atoms with Crippen molar-refractivity contribution in [2.24, 2.45) is 24.3 Å². The summed E-state index contributed by atoms with van der Waals surface area (Å²) < 4.78 is 2.05. The minimum absolute atomic E-state index is 0.0436. The molecule has 5 nitrogen and oxygen atoms in total. The summed E-state index contributed by atoms with van der Waals surface area (Å²) in [5.41, 5.74) is 1.31. The molecule has 0 bridgehead atoms. The van der Waals surface area contributed by atoms with E-state index in [-0.39, 0.29) is 23.8 Å². The van der Waals surface area contributed by atoms with Crippen molar-refractivity contribution in [3.63, 3.8) is 0 Å². The summed E-state index contributed by atoms with van der Waals surface area (Å²) in [5.74, 6) is 0.781. The van der Waals surface area contributed by atoms with Crippen LogP contribution >= 0.6 is 0 Å². The molecule has 2 amide bonds. The molecule has 0 saturated heterocycles. The average Bonchev–Trinajstić information content (AvgIpc) is 3.00. The van der Waals surface area contributed by atoms with Crippen LogP contribution in [0.15, 0.2) is 18.3 Å². The predicted molar refractivity (Wildman–Crippen MR) is 125 cm³/mol. The van der Waals surface area contributed by atoms with Gasteiger partial charge in [0, 0.05) is 38.4 Å². The Kier molecular flexibility index (Phi) is 10.6. The fraction of sp³-hybridized carbons (Fsp3) is 0.760. The van der Waals surface area contributed by atoms with Gasteiger partial charge in [0.25, 0.3) is 0 Å². The van der Waals surface area contributed by atoms with Crippen LogP contribution in [0.5, 0.6) is 0 Å². The molecule has 1 atom stereocenters. The Morgan fingerprint density at radius 3 is 2.27 bits per heavy atom. The number of hydrogen-bond donors (Lipinski definition) is 0. The maximum atomic E-state index is 13.2. The van der Waals surface area contributed by atoms with Gasteiger partial charge in [0.15, 0.2) is 0 Å². The number of aromatic nitrogens is 1. The Labute approximate surface area is 184 Å². The summed E-state index contributed by atoms with van der Waals surface area (Å²) >= 11 is 0. The molecule has 172 valence electrons. The minimum atomic E-state index is 0.0436. The fourth-order valence-corrected chi connectivity index (χ4v) is 4.00. The summed E-state index contributed by atoms with van der Waals surface area (Å²) in [6, 6.07) is 4.06. The number of amides is 2. The molecule has 5 heteroatoms. The molecule has 1 aromatic rings. The lowest BCUT2D eigenvalue weighted by Gasteiger charge is -2.30. The van der Waals surface area contributed by atoms with E-state index < -0.39 is 0 Å². The van der Waals surface area contributed by atoms with Crippen LogP contribution in [0.25, 0.3) is 0 Å². The highest BCUT2D eigenvalue weighted by Gasteiger charge is 2.25. The maximum absolute atomic E-state index is 13.2. The third-order valence-corrected chi connectivity index (χ3v) is 5.29. The molecule has 30 heavy (non-hydrogen) atoms. The number of aryl methyl sites for hydroxylation is 1. The highest BCUT2D eigenvalue weighted by atomic mass is 16.2. The first-order valence-electron chi connectivity index (χ1n) is 11.6. The number of carbonyl (C=O) groups excluding carboxylic acids is 2. The summed E-state index contributed by atoms with van der Waals surface area (Å²) in [6.07, 6.45) is 5.51. The van der Waals surface area contributed by atoms with Gasteiger partial charge in [-0.2, -0.15) is 0 Å². The van der Waals surface area contributed by atoms with Crippen molar-refractivity contribution in [3.05, 3.63) is 24.0 Å². The molecule has 0 N–H and O–H groups in total. The quantitative estimate of drug-likeness (QED) is 0.473. The van der Waals surface area contributed by atoms with Crippen LogP contribution in [0.4, 0.5) is 0 Å². The number of hydrogen-bond acceptors (Lipinski definition) is 2. The van der Waals surface area contributed by atoms with Gasteiger partial charge in [-0.1, -0.05) is 54.9 Å². The van der Waals surface area contributed by atoms with E-state index in [0.717, 1.165) is 31.5 Å². The molecule has 0 aliphatic carbocycles. The highest BCUT2D eigenvalue weighted by molar-refractivity contribution is 5.85. The van der Waals surface area contributed by atoms with Gasteiger partial charge in [-0.3, -0.25) is 9.59 Å². The zero-order valence-corrected chi connectivity index (χ0v) is 20.7. The van der Waals surface area contributed by atoms with E-state index in [0.29, 0.717) is 31.3 Å². The monoisotopic (exact) mass is 419 g/mol. The average molecular weight is 420 g/mol. The fourth-order valence-electron chi connectivity index (χ4n) is 4.00. The first-order chi connectivity index (χ1) is 13.9. The zero-order valence-electron chi connectivity index (χ0n) is 20.7. The lowest BCUT2D eigenvalue weighted by molar-refractivity contribution is -0.142. The van der Waals surface area contributed by atoms with Gasteiger partial charge in [-0.15, -0.1) is 0 Å². The van der Waals surface area contributed by atoms with Gasteiger partial charge >= 0.3 is 0 Å². The normalized spacial score (nSPS) is 12.8. The van der Waals surface area contributed by atoms with Gasteiger partial charge in [0.2, 0.25) is 11.8 Å². The molecule has 0 saturated carbocycles. The first kappa shape index (κ1) is 26.3. The van der Waals surface area contributed by atoms with Crippen molar-refractivity contribution in [3.8, 4) is 0 Å². The summed E-state index contributed by atoms with van der Waals surface area (Å²) in [6.45, 7) is 17.2. The molecule has 0 aromatic carbocycles. The topological polar surface area (TPSA) is 45.6 Å². The molecule has 1 heterocycles. The van der Waals surface area contributed by atoms with Crippen molar-refractivity contribution >= 4 is 11.8 Å². The second-order valence-electron chi connectivity index (χ2n) is 10.5. The summed E-state index contributed by atoms with van der Waals surface area (Å²) in [5, 5.41) is 0. The molecule has 1 rings (SSSR count). The van der Waals surface area contributed by atoms with E-state index in [1.165, 1.54) is 0 Å². The molecule has 1 unspecified atom stereocenters. The SMILES string of the molecule is CCCCN(Cc1cccn1C)C(=O)CN(CC(C)C)C(=O)CC(C)CC(C)(C)C. The van der Waals surface area contributed by atoms with E-state index in [4.69, 9.17) is 0 Å². The maximum Gasteiger partial charge on any atom is 0.242 e. The molecule has 0 aliphatic heterocycles. The number of nitrogens with zero attached hydrogens (tertiary/aromatic N) is 3. The molecular weight excluding hydrogens is 374 g/mol.